The van der Waals surface area contributed by atoms with Crippen LogP contribution in [0, 0.1) is 10.1 Å². The van der Waals surface area contributed by atoms with E-state index < -0.39 is 4.92 Å². The van der Waals surface area contributed by atoms with Gasteiger partial charge < -0.3 is 20.7 Å². The Kier molecular flexibility index (Phi) is 7.90. The van der Waals surface area contributed by atoms with Crippen LogP contribution in [0.2, 0.25) is 0 Å². The molecule has 2 aromatic rings. The molecule has 0 heterocycles. The van der Waals surface area contributed by atoms with Crippen molar-refractivity contribution < 1.29 is 9.66 Å². The summed E-state index contributed by atoms with van der Waals surface area (Å²) >= 11 is 0. The molecule has 8 nitrogen and oxygen atoms in total. The number of rotatable bonds is 9. The molecule has 144 valence electrons. The van der Waals surface area contributed by atoms with Gasteiger partial charge in [0.2, 0.25) is 0 Å². The number of nitrogens with one attached hydrogen (secondary N) is 3. The number of ether oxygens (including phenoxy) is 1. The second-order valence-corrected chi connectivity index (χ2v) is 5.67. The van der Waals surface area contributed by atoms with E-state index in [0.717, 1.165) is 17.9 Å². The van der Waals surface area contributed by atoms with Crippen LogP contribution in [0.5, 0.6) is 5.75 Å². The van der Waals surface area contributed by atoms with Crippen molar-refractivity contribution in [3.8, 4) is 5.75 Å². The molecule has 8 heteroatoms. The lowest BCUT2D eigenvalue weighted by atomic mass is 10.2. The van der Waals surface area contributed by atoms with Crippen LogP contribution < -0.4 is 20.7 Å². The number of nitrogens with zero attached hydrogens (tertiary/aromatic N) is 2. The first-order chi connectivity index (χ1) is 13.1. The molecule has 0 aliphatic heterocycles. The first kappa shape index (κ1) is 20.0. The highest BCUT2D eigenvalue weighted by Gasteiger charge is 2.11. The van der Waals surface area contributed by atoms with Crippen molar-refractivity contribution in [1.29, 1.82) is 0 Å². The summed E-state index contributed by atoms with van der Waals surface area (Å²) in [4.78, 5) is 15.2. The Labute approximate surface area is 158 Å². The topological polar surface area (TPSA) is 101 Å². The maximum atomic E-state index is 11.0. The molecule has 0 aromatic heterocycles. The van der Waals surface area contributed by atoms with Gasteiger partial charge >= 0.3 is 0 Å². The molecule has 3 N–H and O–H groups in total. The fourth-order valence-electron chi connectivity index (χ4n) is 2.40. The van der Waals surface area contributed by atoms with Gasteiger partial charge in [-0.1, -0.05) is 24.3 Å². The lowest BCUT2D eigenvalue weighted by Gasteiger charge is -2.12. The molecule has 0 unspecified atom stereocenters. The van der Waals surface area contributed by atoms with E-state index in [1.165, 1.54) is 6.07 Å². The molecule has 0 radical (unpaired) electrons. The Hall–Kier alpha value is -3.29. The molecule has 0 spiro atoms. The number of nitro groups is 1. The zero-order valence-corrected chi connectivity index (χ0v) is 15.6. The number of aliphatic imine (C=N–C) groups is 1. The molecule has 0 saturated heterocycles. The molecule has 2 aromatic carbocycles. The molecule has 0 amide bonds. The van der Waals surface area contributed by atoms with Gasteiger partial charge in [0.15, 0.2) is 5.96 Å². The molecule has 27 heavy (non-hydrogen) atoms. The number of nitro benzene ring substituents is 1. The fraction of sp³-hybridized carbons (Fsp3) is 0.316. The van der Waals surface area contributed by atoms with Crippen molar-refractivity contribution in [1.82, 2.24) is 10.6 Å². The van der Waals surface area contributed by atoms with E-state index in [9.17, 15) is 10.1 Å². The predicted octanol–water partition coefficient (Wildman–Crippen LogP) is 2.77. The number of hydrogen-bond acceptors (Lipinski definition) is 5. The fourth-order valence-corrected chi connectivity index (χ4v) is 2.40. The normalized spacial score (nSPS) is 11.0. The summed E-state index contributed by atoms with van der Waals surface area (Å²) in [5.41, 5.74) is 1.65. The van der Waals surface area contributed by atoms with Crippen molar-refractivity contribution in [3.05, 3.63) is 64.2 Å². The summed E-state index contributed by atoms with van der Waals surface area (Å²) in [7, 11) is 1.64. The third-order valence-corrected chi connectivity index (χ3v) is 3.76. The lowest BCUT2D eigenvalue weighted by Crippen LogP contribution is -2.39. The Morgan fingerprint density at radius 2 is 1.85 bits per heavy atom. The predicted molar refractivity (Wildman–Crippen MR) is 107 cm³/mol. The van der Waals surface area contributed by atoms with Crippen molar-refractivity contribution in [3.63, 3.8) is 0 Å². The maximum absolute atomic E-state index is 11.0. The van der Waals surface area contributed by atoms with Gasteiger partial charge in [-0.2, -0.15) is 0 Å². The van der Waals surface area contributed by atoms with Crippen LogP contribution >= 0.6 is 0 Å². The zero-order valence-electron chi connectivity index (χ0n) is 15.6. The van der Waals surface area contributed by atoms with Crippen LogP contribution in [0.3, 0.4) is 0 Å². The number of para-hydroxylation sites is 2. The summed E-state index contributed by atoms with van der Waals surface area (Å²) in [5, 5.41) is 20.5. The molecule has 0 aliphatic rings. The van der Waals surface area contributed by atoms with Crippen molar-refractivity contribution >= 4 is 17.3 Å². The van der Waals surface area contributed by atoms with E-state index in [-0.39, 0.29) is 5.69 Å². The minimum absolute atomic E-state index is 0.0672. The largest absolute Gasteiger partial charge is 0.497 e. The molecular formula is C19H25N5O3. The molecule has 0 aliphatic carbocycles. The third-order valence-electron chi connectivity index (χ3n) is 3.76. The molecule has 0 saturated carbocycles. The summed E-state index contributed by atoms with van der Waals surface area (Å²) in [6.45, 7) is 4.37. The smallest absolute Gasteiger partial charge is 0.292 e. The summed E-state index contributed by atoms with van der Waals surface area (Å²) in [6.07, 6.45) is 0. The highest BCUT2D eigenvalue weighted by Crippen LogP contribution is 2.22. The summed E-state index contributed by atoms with van der Waals surface area (Å²) < 4.78 is 5.15. The Morgan fingerprint density at radius 1 is 1.11 bits per heavy atom. The molecule has 0 fully saturated rings. The van der Waals surface area contributed by atoms with E-state index in [2.05, 4.69) is 20.9 Å². The highest BCUT2D eigenvalue weighted by molar-refractivity contribution is 5.79. The molecule has 0 bridgehead atoms. The standard InChI is InChI=1S/C19H25N5O3/c1-3-20-19(23-14-15-8-10-16(27-2)11-9-15)22-13-12-21-17-6-4-5-7-18(17)24(25)26/h4-11,21H,3,12-14H2,1-2H3,(H2,20,22,23). The molecular weight excluding hydrogens is 346 g/mol. The monoisotopic (exact) mass is 371 g/mol. The zero-order chi connectivity index (χ0) is 19.5. The van der Waals surface area contributed by atoms with Gasteiger partial charge in [-0.3, -0.25) is 10.1 Å². The van der Waals surface area contributed by atoms with Gasteiger partial charge in [0.1, 0.15) is 11.4 Å². The van der Waals surface area contributed by atoms with Crippen molar-refractivity contribution in [2.24, 2.45) is 4.99 Å². The van der Waals surface area contributed by atoms with E-state index in [4.69, 9.17) is 4.74 Å². The van der Waals surface area contributed by atoms with Crippen LogP contribution in [0.4, 0.5) is 11.4 Å². The first-order valence-electron chi connectivity index (χ1n) is 8.76. The van der Waals surface area contributed by atoms with Gasteiger partial charge in [0.05, 0.1) is 18.6 Å². The average molecular weight is 371 g/mol. The van der Waals surface area contributed by atoms with Gasteiger partial charge in [-0.05, 0) is 30.7 Å². The number of guanidine groups is 1. The minimum atomic E-state index is -0.393. The quantitative estimate of drug-likeness (QED) is 0.206. The molecule has 0 atom stereocenters. The number of methoxy groups -OCH3 is 1. The Bertz CT molecular complexity index is 762. The number of anilines is 1. The first-order valence-corrected chi connectivity index (χ1v) is 8.76. The lowest BCUT2D eigenvalue weighted by molar-refractivity contribution is -0.384. The SMILES string of the molecule is CCNC(=NCc1ccc(OC)cc1)NCCNc1ccccc1[N+](=O)[O-]. The van der Waals surface area contributed by atoms with Crippen molar-refractivity contribution in [2.45, 2.75) is 13.5 Å². The Balaban J connectivity index is 1.86. The second kappa shape index (κ2) is 10.6. The summed E-state index contributed by atoms with van der Waals surface area (Å²) in [5.74, 6) is 1.51. The van der Waals surface area contributed by atoms with Gasteiger partial charge in [-0.25, -0.2) is 4.99 Å². The van der Waals surface area contributed by atoms with Crippen molar-refractivity contribution in [2.75, 3.05) is 32.1 Å². The van der Waals surface area contributed by atoms with Crippen LogP contribution in [0.1, 0.15) is 12.5 Å². The minimum Gasteiger partial charge on any atom is -0.497 e. The van der Waals surface area contributed by atoms with Gasteiger partial charge in [-0.15, -0.1) is 0 Å². The molecule has 2 rings (SSSR count). The van der Waals surface area contributed by atoms with E-state index in [1.807, 2.05) is 31.2 Å². The highest BCUT2D eigenvalue weighted by atomic mass is 16.6. The van der Waals surface area contributed by atoms with E-state index in [0.29, 0.717) is 31.3 Å². The number of benzene rings is 2. The van der Waals surface area contributed by atoms with E-state index >= 15 is 0 Å². The third kappa shape index (κ3) is 6.50. The Morgan fingerprint density at radius 3 is 2.52 bits per heavy atom. The maximum Gasteiger partial charge on any atom is 0.292 e. The number of hydrogen-bond donors (Lipinski definition) is 3. The van der Waals surface area contributed by atoms with Crippen LogP contribution in [-0.2, 0) is 6.54 Å². The van der Waals surface area contributed by atoms with Gasteiger partial charge in [0.25, 0.3) is 5.69 Å². The average Bonchev–Trinajstić information content (AvgIpc) is 2.69. The van der Waals surface area contributed by atoms with Gasteiger partial charge in [0, 0.05) is 25.7 Å². The van der Waals surface area contributed by atoms with Crippen LogP contribution in [-0.4, -0.2) is 37.6 Å². The summed E-state index contributed by atoms with van der Waals surface area (Å²) in [6, 6.07) is 14.4. The van der Waals surface area contributed by atoms with E-state index in [1.54, 1.807) is 25.3 Å². The second-order valence-electron chi connectivity index (χ2n) is 5.67. The van der Waals surface area contributed by atoms with Crippen LogP contribution in [0.15, 0.2) is 53.5 Å². The van der Waals surface area contributed by atoms with Crippen LogP contribution in [0.25, 0.3) is 0 Å².